The Bertz CT molecular complexity index is 411. The number of carbonyl (C=O) groups excluding carboxylic acids is 1. The lowest BCUT2D eigenvalue weighted by Gasteiger charge is -2.27. The number of aromatic nitrogens is 2. The summed E-state index contributed by atoms with van der Waals surface area (Å²) in [4.78, 5) is 19.9. The van der Waals surface area contributed by atoms with E-state index < -0.39 is 0 Å². The Morgan fingerprint density at radius 1 is 1.26 bits per heavy atom. The van der Waals surface area contributed by atoms with Crippen molar-refractivity contribution in [2.24, 2.45) is 5.92 Å². The van der Waals surface area contributed by atoms with Gasteiger partial charge in [0, 0.05) is 12.4 Å². The summed E-state index contributed by atoms with van der Waals surface area (Å²) in [5.41, 5.74) is 1.13. The van der Waals surface area contributed by atoms with Gasteiger partial charge in [-0.3, -0.25) is 4.79 Å². The van der Waals surface area contributed by atoms with E-state index in [-0.39, 0.29) is 11.9 Å². The van der Waals surface area contributed by atoms with Crippen molar-refractivity contribution < 1.29 is 14.3 Å². The number of hydrogen-bond acceptors (Lipinski definition) is 5. The quantitative estimate of drug-likeness (QED) is 0.781. The van der Waals surface area contributed by atoms with E-state index in [4.69, 9.17) is 9.47 Å². The first kappa shape index (κ1) is 13.8. The van der Waals surface area contributed by atoms with Crippen molar-refractivity contribution in [3.63, 3.8) is 0 Å². The Hall–Kier alpha value is -1.65. The number of nitrogens with zero attached hydrogens (tertiary/aromatic N) is 2. The lowest BCUT2D eigenvalue weighted by molar-refractivity contribution is -0.149. The van der Waals surface area contributed by atoms with Crippen LogP contribution in [0.25, 0.3) is 0 Å². The molecule has 19 heavy (non-hydrogen) atoms. The predicted molar refractivity (Wildman–Crippen MR) is 69.9 cm³/mol. The van der Waals surface area contributed by atoms with Crippen LogP contribution in [0.3, 0.4) is 0 Å². The van der Waals surface area contributed by atoms with Gasteiger partial charge < -0.3 is 9.47 Å². The van der Waals surface area contributed by atoms with Crippen molar-refractivity contribution in [1.82, 2.24) is 9.97 Å². The summed E-state index contributed by atoms with van der Waals surface area (Å²) >= 11 is 0. The third kappa shape index (κ3) is 3.43. The van der Waals surface area contributed by atoms with Crippen LogP contribution >= 0.6 is 0 Å². The molecule has 1 aromatic heterocycles. The van der Waals surface area contributed by atoms with Gasteiger partial charge in [0.25, 0.3) is 0 Å². The SMILES string of the molecule is CCOC(=O)C1CCC(c2cnc(OC)nc2)CC1. The number of esters is 1. The molecule has 0 amide bonds. The second-order valence-corrected chi connectivity index (χ2v) is 4.80. The van der Waals surface area contributed by atoms with Gasteiger partial charge in [0.15, 0.2) is 0 Å². The van der Waals surface area contributed by atoms with E-state index in [1.165, 1.54) is 0 Å². The standard InChI is InChI=1S/C14H20N2O3/c1-3-19-13(17)11-6-4-10(5-7-11)12-8-15-14(18-2)16-9-12/h8-11H,3-7H2,1-2H3. The first-order valence-corrected chi connectivity index (χ1v) is 6.77. The highest BCUT2D eigenvalue weighted by Gasteiger charge is 2.28. The Balaban J connectivity index is 1.90. The van der Waals surface area contributed by atoms with Crippen molar-refractivity contribution in [2.45, 2.75) is 38.5 Å². The zero-order chi connectivity index (χ0) is 13.7. The maximum atomic E-state index is 11.7. The Kier molecular flexibility index (Phi) is 4.71. The molecular weight excluding hydrogens is 244 g/mol. The maximum absolute atomic E-state index is 11.7. The van der Waals surface area contributed by atoms with Gasteiger partial charge in [-0.2, -0.15) is 0 Å². The molecule has 1 aromatic rings. The molecule has 104 valence electrons. The molecule has 5 nitrogen and oxygen atoms in total. The third-order valence-electron chi connectivity index (χ3n) is 3.65. The van der Waals surface area contributed by atoms with E-state index in [2.05, 4.69) is 9.97 Å². The molecule has 1 fully saturated rings. The minimum atomic E-state index is -0.0491. The maximum Gasteiger partial charge on any atom is 0.316 e. The zero-order valence-electron chi connectivity index (χ0n) is 11.5. The first-order valence-electron chi connectivity index (χ1n) is 6.77. The molecule has 0 aliphatic heterocycles. The molecule has 0 atom stereocenters. The van der Waals surface area contributed by atoms with Gasteiger partial charge in [-0.15, -0.1) is 0 Å². The molecule has 0 N–H and O–H groups in total. The van der Waals surface area contributed by atoms with Gasteiger partial charge in [0.05, 0.1) is 19.6 Å². The molecule has 1 aliphatic rings. The van der Waals surface area contributed by atoms with Crippen LogP contribution in [0.15, 0.2) is 12.4 Å². The Morgan fingerprint density at radius 3 is 2.42 bits per heavy atom. The van der Waals surface area contributed by atoms with E-state index in [9.17, 15) is 4.79 Å². The summed E-state index contributed by atoms with van der Waals surface area (Å²) in [5.74, 6) is 0.457. The second kappa shape index (κ2) is 6.50. The summed E-state index contributed by atoms with van der Waals surface area (Å²) in [6.45, 7) is 2.31. The third-order valence-corrected chi connectivity index (χ3v) is 3.65. The highest BCUT2D eigenvalue weighted by molar-refractivity contribution is 5.72. The Labute approximate surface area is 113 Å². The van der Waals surface area contributed by atoms with Gasteiger partial charge in [-0.05, 0) is 44.1 Å². The molecule has 0 saturated heterocycles. The summed E-state index contributed by atoms with van der Waals surface area (Å²) < 4.78 is 10.0. The molecule has 0 bridgehead atoms. The molecule has 1 aliphatic carbocycles. The lowest BCUT2D eigenvalue weighted by atomic mass is 9.79. The van der Waals surface area contributed by atoms with Gasteiger partial charge in [0.1, 0.15) is 0 Å². The summed E-state index contributed by atoms with van der Waals surface area (Å²) in [7, 11) is 1.56. The zero-order valence-corrected chi connectivity index (χ0v) is 11.5. The van der Waals surface area contributed by atoms with E-state index >= 15 is 0 Å². The second-order valence-electron chi connectivity index (χ2n) is 4.80. The molecular formula is C14H20N2O3. The number of hydrogen-bond donors (Lipinski definition) is 0. The van der Waals surface area contributed by atoms with Crippen LogP contribution in [-0.4, -0.2) is 29.7 Å². The average Bonchev–Trinajstić information content (AvgIpc) is 2.48. The summed E-state index contributed by atoms with van der Waals surface area (Å²) in [6.07, 6.45) is 7.38. The predicted octanol–water partition coefficient (Wildman–Crippen LogP) is 2.32. The number of methoxy groups -OCH3 is 1. The largest absolute Gasteiger partial charge is 0.467 e. The van der Waals surface area contributed by atoms with Crippen LogP contribution in [0, 0.1) is 5.92 Å². The smallest absolute Gasteiger partial charge is 0.316 e. The lowest BCUT2D eigenvalue weighted by Crippen LogP contribution is -2.23. The molecule has 2 rings (SSSR count). The molecule has 0 spiro atoms. The highest BCUT2D eigenvalue weighted by atomic mass is 16.5. The Morgan fingerprint density at radius 2 is 1.89 bits per heavy atom. The van der Waals surface area contributed by atoms with Crippen molar-refractivity contribution in [3.8, 4) is 6.01 Å². The van der Waals surface area contributed by atoms with Gasteiger partial charge >= 0.3 is 12.0 Å². The van der Waals surface area contributed by atoms with E-state index in [1.54, 1.807) is 7.11 Å². The van der Waals surface area contributed by atoms with E-state index in [0.29, 0.717) is 18.5 Å². The number of carbonyl (C=O) groups is 1. The monoisotopic (exact) mass is 264 g/mol. The molecule has 0 aromatic carbocycles. The molecule has 1 saturated carbocycles. The van der Waals surface area contributed by atoms with Crippen molar-refractivity contribution in [3.05, 3.63) is 18.0 Å². The average molecular weight is 264 g/mol. The fourth-order valence-corrected chi connectivity index (χ4v) is 2.56. The van der Waals surface area contributed by atoms with Gasteiger partial charge in [-0.25, -0.2) is 9.97 Å². The van der Waals surface area contributed by atoms with E-state index in [0.717, 1.165) is 31.2 Å². The number of ether oxygens (including phenoxy) is 2. The molecule has 5 heteroatoms. The molecule has 0 unspecified atom stereocenters. The van der Waals surface area contributed by atoms with Crippen molar-refractivity contribution >= 4 is 5.97 Å². The van der Waals surface area contributed by atoms with Crippen LogP contribution in [0.1, 0.15) is 44.1 Å². The minimum Gasteiger partial charge on any atom is -0.467 e. The summed E-state index contributed by atoms with van der Waals surface area (Å²) in [5, 5.41) is 0. The molecule has 0 radical (unpaired) electrons. The van der Waals surface area contributed by atoms with Crippen molar-refractivity contribution in [1.29, 1.82) is 0 Å². The van der Waals surface area contributed by atoms with Crippen LogP contribution in [-0.2, 0) is 9.53 Å². The van der Waals surface area contributed by atoms with Crippen LogP contribution in [0.4, 0.5) is 0 Å². The number of rotatable bonds is 4. The van der Waals surface area contributed by atoms with Crippen LogP contribution < -0.4 is 4.74 Å². The highest BCUT2D eigenvalue weighted by Crippen LogP contribution is 2.35. The summed E-state index contributed by atoms with van der Waals surface area (Å²) in [6, 6.07) is 0.393. The fraction of sp³-hybridized carbons (Fsp3) is 0.643. The van der Waals surface area contributed by atoms with Crippen LogP contribution in [0.5, 0.6) is 6.01 Å². The normalized spacial score (nSPS) is 22.8. The topological polar surface area (TPSA) is 61.3 Å². The van der Waals surface area contributed by atoms with Gasteiger partial charge in [-0.1, -0.05) is 0 Å². The van der Waals surface area contributed by atoms with Gasteiger partial charge in [0.2, 0.25) is 0 Å². The van der Waals surface area contributed by atoms with E-state index in [1.807, 2.05) is 19.3 Å². The first-order chi connectivity index (χ1) is 9.24. The molecule has 1 heterocycles. The fourth-order valence-electron chi connectivity index (χ4n) is 2.56. The van der Waals surface area contributed by atoms with Crippen LogP contribution in [0.2, 0.25) is 0 Å². The minimum absolute atomic E-state index is 0.0491. The van der Waals surface area contributed by atoms with Crippen molar-refractivity contribution in [2.75, 3.05) is 13.7 Å².